The fourth-order valence-corrected chi connectivity index (χ4v) is 1.34. The van der Waals surface area contributed by atoms with Crippen LogP contribution < -0.4 is 11.1 Å². The van der Waals surface area contributed by atoms with E-state index in [4.69, 9.17) is 5.73 Å². The maximum absolute atomic E-state index is 11.8. The predicted molar refractivity (Wildman–Crippen MR) is 62.7 cm³/mol. The van der Waals surface area contributed by atoms with Crippen molar-refractivity contribution in [2.24, 2.45) is 0 Å². The second kappa shape index (κ2) is 4.64. The van der Waals surface area contributed by atoms with Crippen molar-refractivity contribution < 1.29 is 4.79 Å². The number of carbonyl (C=O) groups is 1. The Morgan fingerprint density at radius 1 is 1.60 bits per heavy atom. The number of nitrogen functional groups attached to an aromatic ring is 1. The predicted octanol–water partition coefficient (Wildman–Crippen LogP) is 1.88. The number of anilines is 1. The number of hydrogen-bond donors (Lipinski definition) is 2. The number of aryl methyl sites for hydroxylation is 1. The van der Waals surface area contributed by atoms with Gasteiger partial charge in [-0.05, 0) is 25.5 Å². The quantitative estimate of drug-likeness (QED) is 0.583. The Morgan fingerprint density at radius 2 is 2.27 bits per heavy atom. The van der Waals surface area contributed by atoms with E-state index in [-0.39, 0.29) is 11.9 Å². The number of rotatable bonds is 3. The molecule has 0 bridgehead atoms. The molecule has 1 amide bonds. The molecule has 0 aromatic heterocycles. The van der Waals surface area contributed by atoms with Gasteiger partial charge in [0.1, 0.15) is 0 Å². The molecule has 1 rings (SSSR count). The van der Waals surface area contributed by atoms with Crippen LogP contribution in [0.3, 0.4) is 0 Å². The van der Waals surface area contributed by atoms with E-state index >= 15 is 0 Å². The minimum atomic E-state index is -0.155. The van der Waals surface area contributed by atoms with Gasteiger partial charge in [-0.2, -0.15) is 0 Å². The minimum Gasteiger partial charge on any atom is -0.398 e. The van der Waals surface area contributed by atoms with Crippen LogP contribution in [0.25, 0.3) is 0 Å². The fourth-order valence-electron chi connectivity index (χ4n) is 1.34. The summed E-state index contributed by atoms with van der Waals surface area (Å²) in [6.45, 7) is 7.33. The molecule has 1 aromatic carbocycles. The number of hydrogen-bond acceptors (Lipinski definition) is 2. The lowest BCUT2D eigenvalue weighted by molar-refractivity contribution is 0.0947. The van der Waals surface area contributed by atoms with Crippen LogP contribution in [0.2, 0.25) is 0 Å². The molecule has 0 aliphatic rings. The average Bonchev–Trinajstić information content (AvgIpc) is 2.17. The van der Waals surface area contributed by atoms with E-state index in [1.807, 2.05) is 26.0 Å². The Morgan fingerprint density at radius 3 is 2.80 bits per heavy atom. The summed E-state index contributed by atoms with van der Waals surface area (Å²) in [4.78, 5) is 11.8. The first-order valence-corrected chi connectivity index (χ1v) is 4.84. The Balaban J connectivity index is 2.96. The third-order valence-corrected chi connectivity index (χ3v) is 2.24. The van der Waals surface area contributed by atoms with Gasteiger partial charge in [-0.25, -0.2) is 0 Å². The number of amides is 1. The smallest absolute Gasteiger partial charge is 0.254 e. The summed E-state index contributed by atoms with van der Waals surface area (Å²) >= 11 is 0. The van der Waals surface area contributed by atoms with Gasteiger partial charge in [-0.3, -0.25) is 4.79 Å². The summed E-state index contributed by atoms with van der Waals surface area (Å²) in [7, 11) is 0. The van der Waals surface area contributed by atoms with Crippen molar-refractivity contribution in [1.29, 1.82) is 0 Å². The Labute approximate surface area is 90.0 Å². The zero-order valence-corrected chi connectivity index (χ0v) is 9.08. The van der Waals surface area contributed by atoms with Gasteiger partial charge >= 0.3 is 0 Å². The molecule has 3 heteroatoms. The number of nitrogens with two attached hydrogens (primary N) is 1. The highest BCUT2D eigenvalue weighted by molar-refractivity contribution is 6.00. The summed E-state index contributed by atoms with van der Waals surface area (Å²) in [5.74, 6) is -0.155. The lowest BCUT2D eigenvalue weighted by atomic mass is 10.1. The zero-order valence-electron chi connectivity index (χ0n) is 9.08. The SMILES string of the molecule is C=CC(C)NC(=O)c1c(C)cccc1N. The van der Waals surface area contributed by atoms with Crippen molar-refractivity contribution in [3.63, 3.8) is 0 Å². The van der Waals surface area contributed by atoms with Crippen LogP contribution >= 0.6 is 0 Å². The fraction of sp³-hybridized carbons (Fsp3) is 0.250. The molecule has 80 valence electrons. The van der Waals surface area contributed by atoms with Crippen LogP contribution in [-0.4, -0.2) is 11.9 Å². The molecule has 1 atom stereocenters. The van der Waals surface area contributed by atoms with Gasteiger partial charge in [0.05, 0.1) is 5.56 Å². The standard InChI is InChI=1S/C12H16N2O/c1-4-9(3)14-12(15)11-8(2)6-5-7-10(11)13/h4-7,9H,1,13H2,2-3H3,(H,14,15). The van der Waals surface area contributed by atoms with Crippen molar-refractivity contribution in [2.75, 3.05) is 5.73 Å². The van der Waals surface area contributed by atoms with E-state index in [0.717, 1.165) is 5.56 Å². The first kappa shape index (κ1) is 11.3. The van der Waals surface area contributed by atoms with E-state index in [2.05, 4.69) is 11.9 Å². The molecule has 0 saturated carbocycles. The molecule has 0 aliphatic carbocycles. The van der Waals surface area contributed by atoms with Gasteiger partial charge in [0.15, 0.2) is 0 Å². The molecule has 0 saturated heterocycles. The Bertz CT molecular complexity index is 365. The van der Waals surface area contributed by atoms with Crippen LogP contribution in [0.5, 0.6) is 0 Å². The topological polar surface area (TPSA) is 55.1 Å². The molecule has 0 heterocycles. The maximum atomic E-state index is 11.8. The summed E-state index contributed by atoms with van der Waals surface area (Å²) < 4.78 is 0. The average molecular weight is 204 g/mol. The van der Waals surface area contributed by atoms with Crippen LogP contribution in [-0.2, 0) is 0 Å². The van der Waals surface area contributed by atoms with E-state index in [9.17, 15) is 4.79 Å². The van der Waals surface area contributed by atoms with Gasteiger partial charge in [0.25, 0.3) is 5.91 Å². The highest BCUT2D eigenvalue weighted by atomic mass is 16.1. The van der Waals surface area contributed by atoms with E-state index in [1.165, 1.54) is 0 Å². The number of carbonyl (C=O) groups excluding carboxylic acids is 1. The molecule has 0 fully saturated rings. The highest BCUT2D eigenvalue weighted by Gasteiger charge is 2.13. The first-order chi connectivity index (χ1) is 7.06. The van der Waals surface area contributed by atoms with Gasteiger partial charge in [0.2, 0.25) is 0 Å². The monoisotopic (exact) mass is 204 g/mol. The van der Waals surface area contributed by atoms with Crippen molar-refractivity contribution >= 4 is 11.6 Å². The van der Waals surface area contributed by atoms with Crippen LogP contribution in [0.15, 0.2) is 30.9 Å². The van der Waals surface area contributed by atoms with Gasteiger partial charge < -0.3 is 11.1 Å². The lowest BCUT2D eigenvalue weighted by Gasteiger charge is -2.12. The van der Waals surface area contributed by atoms with Crippen LogP contribution in [0.1, 0.15) is 22.8 Å². The van der Waals surface area contributed by atoms with Crippen LogP contribution in [0, 0.1) is 6.92 Å². The molecule has 1 unspecified atom stereocenters. The van der Waals surface area contributed by atoms with Gasteiger partial charge in [0, 0.05) is 11.7 Å². The summed E-state index contributed by atoms with van der Waals surface area (Å²) in [6.07, 6.45) is 1.67. The zero-order chi connectivity index (χ0) is 11.4. The van der Waals surface area contributed by atoms with E-state index < -0.39 is 0 Å². The number of benzene rings is 1. The normalized spacial score (nSPS) is 11.9. The second-order valence-electron chi connectivity index (χ2n) is 3.54. The molecular formula is C12H16N2O. The summed E-state index contributed by atoms with van der Waals surface area (Å²) in [5, 5.41) is 2.79. The molecule has 3 nitrogen and oxygen atoms in total. The minimum absolute atomic E-state index is 0.0588. The first-order valence-electron chi connectivity index (χ1n) is 4.84. The Kier molecular flexibility index (Phi) is 3.50. The van der Waals surface area contributed by atoms with Gasteiger partial charge in [-0.15, -0.1) is 6.58 Å². The highest BCUT2D eigenvalue weighted by Crippen LogP contribution is 2.15. The maximum Gasteiger partial charge on any atom is 0.254 e. The molecule has 15 heavy (non-hydrogen) atoms. The third-order valence-electron chi connectivity index (χ3n) is 2.24. The van der Waals surface area contributed by atoms with Crippen molar-refractivity contribution in [1.82, 2.24) is 5.32 Å². The molecule has 0 aliphatic heterocycles. The molecule has 3 N–H and O–H groups in total. The lowest BCUT2D eigenvalue weighted by Crippen LogP contribution is -2.31. The van der Waals surface area contributed by atoms with E-state index in [1.54, 1.807) is 12.1 Å². The van der Waals surface area contributed by atoms with Gasteiger partial charge in [-0.1, -0.05) is 18.2 Å². The van der Waals surface area contributed by atoms with E-state index in [0.29, 0.717) is 11.3 Å². The summed E-state index contributed by atoms with van der Waals surface area (Å²) in [5.41, 5.74) is 7.68. The third kappa shape index (κ3) is 2.59. The van der Waals surface area contributed by atoms with Crippen molar-refractivity contribution in [2.45, 2.75) is 19.9 Å². The second-order valence-corrected chi connectivity index (χ2v) is 3.54. The van der Waals surface area contributed by atoms with Crippen LogP contribution in [0.4, 0.5) is 5.69 Å². The van der Waals surface area contributed by atoms with Crippen molar-refractivity contribution in [3.8, 4) is 0 Å². The molecule has 1 aromatic rings. The Hall–Kier alpha value is -1.77. The molecule has 0 spiro atoms. The number of nitrogens with one attached hydrogen (secondary N) is 1. The summed E-state index contributed by atoms with van der Waals surface area (Å²) in [6, 6.07) is 5.36. The molecular weight excluding hydrogens is 188 g/mol. The molecule has 0 radical (unpaired) electrons. The largest absolute Gasteiger partial charge is 0.398 e. The van der Waals surface area contributed by atoms with Crippen molar-refractivity contribution in [3.05, 3.63) is 42.0 Å².